The van der Waals surface area contributed by atoms with E-state index in [0.29, 0.717) is 35.5 Å². The van der Waals surface area contributed by atoms with Crippen LogP contribution in [0.3, 0.4) is 0 Å². The van der Waals surface area contributed by atoms with Crippen molar-refractivity contribution >= 4 is 33.9 Å². The van der Waals surface area contributed by atoms with E-state index in [1.54, 1.807) is 4.90 Å². The van der Waals surface area contributed by atoms with Gasteiger partial charge in [-0.25, -0.2) is 4.79 Å². The summed E-state index contributed by atoms with van der Waals surface area (Å²) in [6.45, 7) is 0.614. The lowest BCUT2D eigenvalue weighted by Gasteiger charge is -2.22. The quantitative estimate of drug-likeness (QED) is 0.794. The third kappa shape index (κ3) is 2.08. The standard InChI is InChI=1S/C16H15N3O4/c1-22-16-17-12-9-5-2-3-7-11(9)23-13(12)14(18-16)19-8-4-6-10(19)15(20)21/h2-3,5,7,10H,4,6,8H2,1H3,(H,20,21)/t10-/m0/s1. The van der Waals surface area contributed by atoms with Crippen molar-refractivity contribution in [1.29, 1.82) is 0 Å². The van der Waals surface area contributed by atoms with Crippen molar-refractivity contribution in [1.82, 2.24) is 9.97 Å². The monoisotopic (exact) mass is 313 g/mol. The number of nitrogens with zero attached hydrogens (tertiary/aromatic N) is 3. The number of hydrogen-bond donors (Lipinski definition) is 1. The van der Waals surface area contributed by atoms with Gasteiger partial charge in [-0.15, -0.1) is 0 Å². The van der Waals surface area contributed by atoms with Crippen LogP contribution in [0.15, 0.2) is 28.7 Å². The van der Waals surface area contributed by atoms with Gasteiger partial charge in [-0.2, -0.15) is 9.97 Å². The predicted molar refractivity (Wildman–Crippen MR) is 83.9 cm³/mol. The van der Waals surface area contributed by atoms with Gasteiger partial charge in [0.05, 0.1) is 7.11 Å². The van der Waals surface area contributed by atoms with E-state index in [2.05, 4.69) is 9.97 Å². The molecule has 0 unspecified atom stereocenters. The zero-order valence-corrected chi connectivity index (χ0v) is 12.5. The number of furan rings is 1. The number of rotatable bonds is 3. The number of fused-ring (bicyclic) bond motifs is 3. The molecule has 0 aliphatic carbocycles. The molecule has 0 amide bonds. The Balaban J connectivity index is 1.99. The Labute approximate surface area is 131 Å². The molecule has 3 heterocycles. The Bertz CT molecular complexity index is 905. The van der Waals surface area contributed by atoms with Gasteiger partial charge in [0.15, 0.2) is 11.4 Å². The summed E-state index contributed by atoms with van der Waals surface area (Å²) in [6, 6.07) is 7.15. The summed E-state index contributed by atoms with van der Waals surface area (Å²) < 4.78 is 11.1. The summed E-state index contributed by atoms with van der Waals surface area (Å²) in [6.07, 6.45) is 1.38. The number of carboxylic acids is 1. The molecule has 7 heteroatoms. The maximum absolute atomic E-state index is 11.5. The van der Waals surface area contributed by atoms with E-state index in [4.69, 9.17) is 9.15 Å². The predicted octanol–water partition coefficient (Wildman–Crippen LogP) is 2.44. The lowest BCUT2D eigenvalue weighted by molar-refractivity contribution is -0.138. The molecule has 0 spiro atoms. The SMILES string of the molecule is COc1nc(N2CCC[C@H]2C(=O)O)c2oc3ccccc3c2n1. The van der Waals surface area contributed by atoms with Crippen LogP contribution in [0.1, 0.15) is 12.8 Å². The van der Waals surface area contributed by atoms with Crippen LogP contribution in [0.5, 0.6) is 6.01 Å². The fraction of sp³-hybridized carbons (Fsp3) is 0.312. The number of aromatic nitrogens is 2. The Kier molecular flexibility index (Phi) is 3.07. The van der Waals surface area contributed by atoms with Crippen LogP contribution in [0.25, 0.3) is 22.1 Å². The van der Waals surface area contributed by atoms with Gasteiger partial charge in [-0.1, -0.05) is 12.1 Å². The van der Waals surface area contributed by atoms with Crippen LogP contribution >= 0.6 is 0 Å². The van der Waals surface area contributed by atoms with E-state index in [1.165, 1.54) is 7.11 Å². The molecule has 1 aliphatic rings. The summed E-state index contributed by atoms with van der Waals surface area (Å²) in [5.74, 6) is -0.378. The lowest BCUT2D eigenvalue weighted by atomic mass is 10.2. The van der Waals surface area contributed by atoms with E-state index < -0.39 is 12.0 Å². The molecule has 1 saturated heterocycles. The maximum atomic E-state index is 11.5. The van der Waals surface area contributed by atoms with Crippen LogP contribution < -0.4 is 9.64 Å². The highest BCUT2D eigenvalue weighted by Gasteiger charge is 2.34. The van der Waals surface area contributed by atoms with Gasteiger partial charge in [0.25, 0.3) is 0 Å². The molecule has 1 aromatic carbocycles. The number of hydrogen-bond acceptors (Lipinski definition) is 6. The highest BCUT2D eigenvalue weighted by molar-refractivity contribution is 6.06. The first-order chi connectivity index (χ1) is 11.2. The number of carboxylic acid groups (broad SMARTS) is 1. The van der Waals surface area contributed by atoms with Crippen LogP contribution in [-0.2, 0) is 4.79 Å². The largest absolute Gasteiger partial charge is 0.480 e. The van der Waals surface area contributed by atoms with Gasteiger partial charge in [-0.05, 0) is 25.0 Å². The minimum absolute atomic E-state index is 0.204. The minimum atomic E-state index is -0.857. The van der Waals surface area contributed by atoms with Gasteiger partial charge >= 0.3 is 12.0 Å². The molecule has 3 aromatic rings. The van der Waals surface area contributed by atoms with Crippen LogP contribution in [-0.4, -0.2) is 40.7 Å². The van der Waals surface area contributed by atoms with Gasteiger partial charge in [-0.3, -0.25) is 0 Å². The summed E-state index contributed by atoms with van der Waals surface area (Å²) >= 11 is 0. The van der Waals surface area contributed by atoms with Crippen molar-refractivity contribution in [2.24, 2.45) is 0 Å². The zero-order chi connectivity index (χ0) is 16.0. The second-order valence-electron chi connectivity index (χ2n) is 5.50. The zero-order valence-electron chi connectivity index (χ0n) is 12.5. The third-order valence-corrected chi connectivity index (χ3v) is 4.17. The molecule has 0 bridgehead atoms. The lowest BCUT2D eigenvalue weighted by Crippen LogP contribution is -2.36. The molecule has 23 heavy (non-hydrogen) atoms. The number of aliphatic carboxylic acids is 1. The number of carbonyl (C=O) groups is 1. The van der Waals surface area contributed by atoms with E-state index in [0.717, 1.165) is 11.8 Å². The summed E-state index contributed by atoms with van der Waals surface area (Å²) in [4.78, 5) is 22.0. The topological polar surface area (TPSA) is 88.7 Å². The van der Waals surface area contributed by atoms with Gasteiger partial charge < -0.3 is 19.2 Å². The first-order valence-corrected chi connectivity index (χ1v) is 7.42. The summed E-state index contributed by atoms with van der Waals surface area (Å²) in [5.41, 5.74) is 1.83. The highest BCUT2D eigenvalue weighted by atomic mass is 16.5. The van der Waals surface area contributed by atoms with Gasteiger partial charge in [0.1, 0.15) is 17.1 Å². The minimum Gasteiger partial charge on any atom is -0.480 e. The molecular weight excluding hydrogens is 298 g/mol. The molecule has 1 N–H and O–H groups in total. The summed E-state index contributed by atoms with van der Waals surface area (Å²) in [5, 5.41) is 10.3. The first-order valence-electron chi connectivity index (χ1n) is 7.42. The molecule has 4 rings (SSSR count). The van der Waals surface area contributed by atoms with Crippen LogP contribution in [0.2, 0.25) is 0 Å². The molecule has 7 nitrogen and oxygen atoms in total. The number of anilines is 1. The summed E-state index contributed by atoms with van der Waals surface area (Å²) in [7, 11) is 1.49. The number of methoxy groups -OCH3 is 1. The Morgan fingerprint density at radius 2 is 2.22 bits per heavy atom. The molecule has 1 fully saturated rings. The third-order valence-electron chi connectivity index (χ3n) is 4.17. The normalized spacial score (nSPS) is 18.0. The van der Waals surface area contributed by atoms with Crippen molar-refractivity contribution < 1.29 is 19.1 Å². The van der Waals surface area contributed by atoms with Gasteiger partial charge in [0, 0.05) is 11.9 Å². The van der Waals surface area contributed by atoms with Gasteiger partial charge in [0.2, 0.25) is 0 Å². The smallest absolute Gasteiger partial charge is 0.326 e. The fourth-order valence-corrected chi connectivity index (χ4v) is 3.12. The molecule has 0 radical (unpaired) electrons. The number of ether oxygens (including phenoxy) is 1. The molecule has 1 aliphatic heterocycles. The van der Waals surface area contributed by atoms with E-state index in [9.17, 15) is 9.90 Å². The molecular formula is C16H15N3O4. The Morgan fingerprint density at radius 1 is 1.39 bits per heavy atom. The molecule has 118 valence electrons. The maximum Gasteiger partial charge on any atom is 0.326 e. The fourth-order valence-electron chi connectivity index (χ4n) is 3.12. The molecule has 2 aromatic heterocycles. The van der Waals surface area contributed by atoms with E-state index in [1.807, 2.05) is 24.3 Å². The van der Waals surface area contributed by atoms with Crippen molar-refractivity contribution in [3.05, 3.63) is 24.3 Å². The first kappa shape index (κ1) is 13.8. The van der Waals surface area contributed by atoms with E-state index in [-0.39, 0.29) is 6.01 Å². The average Bonchev–Trinajstić information content (AvgIpc) is 3.18. The molecule has 0 saturated carbocycles. The second kappa shape index (κ2) is 5.12. The second-order valence-corrected chi connectivity index (χ2v) is 5.50. The van der Waals surface area contributed by atoms with Crippen molar-refractivity contribution in [3.8, 4) is 6.01 Å². The highest BCUT2D eigenvalue weighted by Crippen LogP contribution is 2.36. The Morgan fingerprint density at radius 3 is 3.00 bits per heavy atom. The number of benzene rings is 1. The van der Waals surface area contributed by atoms with Crippen molar-refractivity contribution in [2.45, 2.75) is 18.9 Å². The van der Waals surface area contributed by atoms with Crippen LogP contribution in [0, 0.1) is 0 Å². The van der Waals surface area contributed by atoms with Crippen LogP contribution in [0.4, 0.5) is 5.82 Å². The molecule has 1 atom stereocenters. The van der Waals surface area contributed by atoms with Crippen molar-refractivity contribution in [3.63, 3.8) is 0 Å². The average molecular weight is 313 g/mol. The van der Waals surface area contributed by atoms with E-state index >= 15 is 0 Å². The number of para-hydroxylation sites is 1. The Hall–Kier alpha value is -2.83. The van der Waals surface area contributed by atoms with Crippen molar-refractivity contribution in [2.75, 3.05) is 18.6 Å².